The molecule has 0 aliphatic carbocycles. The van der Waals surface area contributed by atoms with Gasteiger partial charge in [-0.2, -0.15) is 0 Å². The Hall–Kier alpha value is -3.22. The van der Waals surface area contributed by atoms with Gasteiger partial charge < -0.3 is 14.6 Å². The number of fused-ring (bicyclic) bond motifs is 1. The quantitative estimate of drug-likeness (QED) is 0.751. The van der Waals surface area contributed by atoms with Crippen molar-refractivity contribution >= 4 is 22.5 Å². The fraction of sp³-hybridized carbons (Fsp3) is 0.333. The number of nitrogens with one attached hydrogen (secondary N) is 1. The minimum Gasteiger partial charge on any atom is -0.417 e. The number of benzene rings is 1. The van der Waals surface area contributed by atoms with Gasteiger partial charge in [-0.3, -0.25) is 4.79 Å². The lowest BCUT2D eigenvalue weighted by atomic mass is 10.1. The standard InChI is InChI=1S/C21H22N4O3/c1-2-15-11-19(23-13-22-15)25-9-5-7-16(12-25)24-20(26)18-10-14-6-3-4-8-17(14)21(27)28-18/h3-4,6,8,10-11,13,16H,2,5,7,9,12H2,1H3,(H,24,26). The molecule has 0 radical (unpaired) electrons. The summed E-state index contributed by atoms with van der Waals surface area (Å²) in [5.41, 5.74) is 0.496. The van der Waals surface area contributed by atoms with Crippen molar-refractivity contribution in [2.24, 2.45) is 0 Å². The number of nitrogens with zero attached hydrogens (tertiary/aromatic N) is 3. The first-order valence-corrected chi connectivity index (χ1v) is 9.53. The smallest absolute Gasteiger partial charge is 0.344 e. The highest BCUT2D eigenvalue weighted by Crippen LogP contribution is 2.19. The van der Waals surface area contributed by atoms with Crippen LogP contribution in [0.3, 0.4) is 0 Å². The molecule has 1 unspecified atom stereocenters. The van der Waals surface area contributed by atoms with Crippen LogP contribution in [0.2, 0.25) is 0 Å². The zero-order chi connectivity index (χ0) is 19.5. The Labute approximate surface area is 162 Å². The second-order valence-electron chi connectivity index (χ2n) is 6.97. The van der Waals surface area contributed by atoms with Gasteiger partial charge in [-0.25, -0.2) is 14.8 Å². The summed E-state index contributed by atoms with van der Waals surface area (Å²) in [5.74, 6) is 0.547. The number of rotatable bonds is 4. The van der Waals surface area contributed by atoms with E-state index in [-0.39, 0.29) is 17.7 Å². The Morgan fingerprint density at radius 1 is 1.29 bits per heavy atom. The minimum absolute atomic E-state index is 0.0381. The van der Waals surface area contributed by atoms with Crippen LogP contribution in [-0.4, -0.2) is 35.0 Å². The molecule has 1 saturated heterocycles. The summed E-state index contributed by atoms with van der Waals surface area (Å²) >= 11 is 0. The third kappa shape index (κ3) is 3.74. The highest BCUT2D eigenvalue weighted by Gasteiger charge is 2.24. The minimum atomic E-state index is -0.499. The van der Waals surface area contributed by atoms with Crippen LogP contribution < -0.4 is 15.8 Å². The molecule has 1 aliphatic heterocycles. The van der Waals surface area contributed by atoms with E-state index in [1.54, 1.807) is 30.6 Å². The van der Waals surface area contributed by atoms with Crippen LogP contribution in [0.15, 0.2) is 51.9 Å². The topological polar surface area (TPSA) is 88.3 Å². The first-order valence-electron chi connectivity index (χ1n) is 9.53. The second-order valence-corrected chi connectivity index (χ2v) is 6.97. The normalized spacial score (nSPS) is 16.9. The Morgan fingerprint density at radius 3 is 3.00 bits per heavy atom. The molecule has 4 rings (SSSR count). The van der Waals surface area contributed by atoms with E-state index >= 15 is 0 Å². The number of hydrogen-bond donors (Lipinski definition) is 1. The average molecular weight is 378 g/mol. The Kier molecular flexibility index (Phi) is 5.06. The van der Waals surface area contributed by atoms with Crippen molar-refractivity contribution in [1.82, 2.24) is 15.3 Å². The van der Waals surface area contributed by atoms with E-state index in [2.05, 4.69) is 27.1 Å². The summed E-state index contributed by atoms with van der Waals surface area (Å²) in [4.78, 5) is 35.6. The van der Waals surface area contributed by atoms with Crippen molar-refractivity contribution in [3.63, 3.8) is 0 Å². The van der Waals surface area contributed by atoms with Gasteiger partial charge in [0.15, 0.2) is 5.76 Å². The zero-order valence-electron chi connectivity index (χ0n) is 15.7. The van der Waals surface area contributed by atoms with E-state index in [0.29, 0.717) is 17.3 Å². The predicted molar refractivity (Wildman–Crippen MR) is 107 cm³/mol. The van der Waals surface area contributed by atoms with Crippen LogP contribution >= 0.6 is 0 Å². The summed E-state index contributed by atoms with van der Waals surface area (Å²) in [5, 5.41) is 4.17. The van der Waals surface area contributed by atoms with E-state index in [0.717, 1.165) is 37.3 Å². The Bertz CT molecular complexity index is 1060. The van der Waals surface area contributed by atoms with E-state index in [1.807, 2.05) is 12.1 Å². The summed E-state index contributed by atoms with van der Waals surface area (Å²) in [6, 6.07) is 10.6. The van der Waals surface area contributed by atoms with Gasteiger partial charge in [0.05, 0.1) is 5.39 Å². The fourth-order valence-corrected chi connectivity index (χ4v) is 3.56. The molecule has 1 atom stereocenters. The number of hydrogen-bond acceptors (Lipinski definition) is 6. The van der Waals surface area contributed by atoms with Crippen LogP contribution in [-0.2, 0) is 6.42 Å². The molecule has 0 bridgehead atoms. The molecular formula is C21H22N4O3. The van der Waals surface area contributed by atoms with E-state index in [9.17, 15) is 9.59 Å². The first kappa shape index (κ1) is 18.2. The highest BCUT2D eigenvalue weighted by atomic mass is 16.4. The number of carbonyl (C=O) groups excluding carboxylic acids is 1. The van der Waals surface area contributed by atoms with Gasteiger partial charge in [-0.15, -0.1) is 0 Å². The molecule has 3 aromatic rings. The van der Waals surface area contributed by atoms with Gasteiger partial charge in [0, 0.05) is 30.9 Å². The fourth-order valence-electron chi connectivity index (χ4n) is 3.56. The van der Waals surface area contributed by atoms with Crippen molar-refractivity contribution in [3.8, 4) is 0 Å². The summed E-state index contributed by atoms with van der Waals surface area (Å²) < 4.78 is 5.23. The lowest BCUT2D eigenvalue weighted by Gasteiger charge is -2.33. The van der Waals surface area contributed by atoms with Crippen LogP contribution in [0.1, 0.15) is 36.0 Å². The van der Waals surface area contributed by atoms with Crippen LogP contribution in [0.5, 0.6) is 0 Å². The Morgan fingerprint density at radius 2 is 2.14 bits per heavy atom. The van der Waals surface area contributed by atoms with Gasteiger partial charge in [-0.05, 0) is 36.8 Å². The summed E-state index contributed by atoms with van der Waals surface area (Å²) in [7, 11) is 0. The van der Waals surface area contributed by atoms with Crippen LogP contribution in [0.4, 0.5) is 5.82 Å². The van der Waals surface area contributed by atoms with Crippen LogP contribution in [0.25, 0.3) is 10.8 Å². The number of amides is 1. The molecular weight excluding hydrogens is 356 g/mol. The van der Waals surface area contributed by atoms with Gasteiger partial charge in [0.1, 0.15) is 12.1 Å². The third-order valence-corrected chi connectivity index (χ3v) is 5.05. The van der Waals surface area contributed by atoms with E-state index in [1.165, 1.54) is 0 Å². The maximum atomic E-state index is 12.7. The van der Waals surface area contributed by atoms with E-state index < -0.39 is 5.63 Å². The molecule has 144 valence electrons. The number of anilines is 1. The second kappa shape index (κ2) is 7.80. The molecule has 7 heteroatoms. The summed E-state index contributed by atoms with van der Waals surface area (Å²) in [6.45, 7) is 3.60. The van der Waals surface area contributed by atoms with Gasteiger partial charge in [0.2, 0.25) is 0 Å². The maximum absolute atomic E-state index is 12.7. The maximum Gasteiger partial charge on any atom is 0.344 e. The molecule has 28 heavy (non-hydrogen) atoms. The van der Waals surface area contributed by atoms with Gasteiger partial charge >= 0.3 is 5.63 Å². The SMILES string of the molecule is CCc1cc(N2CCCC(NC(=O)c3cc4ccccc4c(=O)o3)C2)ncn1. The van der Waals surface area contributed by atoms with Gasteiger partial charge in [-0.1, -0.05) is 25.1 Å². The van der Waals surface area contributed by atoms with Crippen LogP contribution in [0, 0.1) is 0 Å². The molecule has 1 aliphatic rings. The molecule has 3 heterocycles. The van der Waals surface area contributed by atoms with Crippen molar-refractivity contribution in [2.75, 3.05) is 18.0 Å². The van der Waals surface area contributed by atoms with Crippen molar-refractivity contribution in [3.05, 3.63) is 64.6 Å². The number of aryl methyl sites for hydroxylation is 1. The van der Waals surface area contributed by atoms with E-state index in [4.69, 9.17) is 4.42 Å². The third-order valence-electron chi connectivity index (χ3n) is 5.05. The molecule has 1 fully saturated rings. The summed E-state index contributed by atoms with van der Waals surface area (Å²) in [6.07, 6.45) is 4.24. The monoisotopic (exact) mass is 378 g/mol. The lowest BCUT2D eigenvalue weighted by molar-refractivity contribution is 0.0901. The molecule has 0 saturated carbocycles. The predicted octanol–water partition coefficient (Wildman–Crippen LogP) is 2.54. The molecule has 1 N–H and O–H groups in total. The van der Waals surface area contributed by atoms with Crippen molar-refractivity contribution in [2.45, 2.75) is 32.2 Å². The molecule has 2 aromatic heterocycles. The molecule has 7 nitrogen and oxygen atoms in total. The van der Waals surface area contributed by atoms with Gasteiger partial charge in [0.25, 0.3) is 5.91 Å². The molecule has 1 aromatic carbocycles. The zero-order valence-corrected chi connectivity index (χ0v) is 15.7. The average Bonchev–Trinajstić information content (AvgIpc) is 2.74. The highest BCUT2D eigenvalue weighted by molar-refractivity contribution is 5.95. The Balaban J connectivity index is 1.49. The van der Waals surface area contributed by atoms with Crippen molar-refractivity contribution in [1.29, 1.82) is 0 Å². The number of piperidine rings is 1. The van der Waals surface area contributed by atoms with Crippen molar-refractivity contribution < 1.29 is 9.21 Å². The molecule has 1 amide bonds. The first-order chi connectivity index (χ1) is 13.6. The lowest BCUT2D eigenvalue weighted by Crippen LogP contribution is -2.48. The largest absolute Gasteiger partial charge is 0.417 e. The molecule has 0 spiro atoms. The number of aromatic nitrogens is 2. The number of carbonyl (C=O) groups is 1.